The van der Waals surface area contributed by atoms with Crippen LogP contribution < -0.4 is 0 Å². The predicted octanol–water partition coefficient (Wildman–Crippen LogP) is 2.98. The summed E-state index contributed by atoms with van der Waals surface area (Å²) in [5.74, 6) is -0.0944. The first-order valence-corrected chi connectivity index (χ1v) is 6.06. The number of aromatic hydroxyl groups is 1. The zero-order chi connectivity index (χ0) is 14.0. The van der Waals surface area contributed by atoms with Crippen molar-refractivity contribution >= 4 is 23.5 Å². The van der Waals surface area contributed by atoms with Crippen LogP contribution in [0.3, 0.4) is 0 Å². The number of benzene rings is 1. The normalized spacial score (nSPS) is 11.1. The Morgan fingerprint density at radius 2 is 2.21 bits per heavy atom. The first-order valence-electron chi connectivity index (χ1n) is 5.68. The lowest BCUT2D eigenvalue weighted by molar-refractivity contribution is 0.104. The minimum absolute atomic E-state index is 0.0215. The molecule has 5 heteroatoms. The largest absolute Gasteiger partial charge is 0.506 e. The number of nitrogens with zero attached hydrogens (tertiary/aromatic N) is 2. The summed E-state index contributed by atoms with van der Waals surface area (Å²) in [6, 6.07) is 4.76. The second-order valence-corrected chi connectivity index (χ2v) is 4.62. The number of aryl methyl sites for hydroxylation is 2. The van der Waals surface area contributed by atoms with Gasteiger partial charge in [-0.2, -0.15) is 5.10 Å². The first-order chi connectivity index (χ1) is 8.97. The topological polar surface area (TPSA) is 55.1 Å². The van der Waals surface area contributed by atoms with Gasteiger partial charge in [-0.25, -0.2) is 0 Å². The molecule has 0 aliphatic carbocycles. The molecule has 4 nitrogen and oxygen atoms in total. The molecular formula is C14H13ClN2O2. The van der Waals surface area contributed by atoms with E-state index in [1.807, 2.05) is 0 Å². The van der Waals surface area contributed by atoms with Crippen LogP contribution in [0.2, 0.25) is 5.02 Å². The second-order valence-electron chi connectivity index (χ2n) is 4.21. The van der Waals surface area contributed by atoms with Gasteiger partial charge in [-0.15, -0.1) is 0 Å². The summed E-state index contributed by atoms with van der Waals surface area (Å²) in [6.07, 6.45) is 4.80. The number of rotatable bonds is 3. The maximum Gasteiger partial charge on any atom is 0.189 e. The average molecular weight is 277 g/mol. The highest BCUT2D eigenvalue weighted by Gasteiger charge is 2.09. The fourth-order valence-corrected chi connectivity index (χ4v) is 1.92. The highest BCUT2D eigenvalue weighted by atomic mass is 35.5. The van der Waals surface area contributed by atoms with Crippen LogP contribution in [0, 0.1) is 6.92 Å². The number of hydrogen-bond donors (Lipinski definition) is 1. The fraction of sp³-hybridized carbons (Fsp3) is 0.143. The van der Waals surface area contributed by atoms with Crippen molar-refractivity contribution in [2.75, 3.05) is 0 Å². The van der Waals surface area contributed by atoms with Gasteiger partial charge in [0.1, 0.15) is 5.75 Å². The molecule has 0 bridgehead atoms. The van der Waals surface area contributed by atoms with Crippen LogP contribution >= 0.6 is 11.6 Å². The van der Waals surface area contributed by atoms with Crippen LogP contribution in [0.5, 0.6) is 5.75 Å². The predicted molar refractivity (Wildman–Crippen MR) is 74.4 cm³/mol. The van der Waals surface area contributed by atoms with Crippen molar-refractivity contribution in [2.45, 2.75) is 6.92 Å². The molecule has 0 atom stereocenters. The lowest BCUT2D eigenvalue weighted by Gasteiger charge is -1.97. The highest BCUT2D eigenvalue weighted by molar-refractivity contribution is 6.32. The van der Waals surface area contributed by atoms with E-state index in [2.05, 4.69) is 5.10 Å². The molecule has 1 aromatic carbocycles. The monoisotopic (exact) mass is 276 g/mol. The third kappa shape index (κ3) is 3.03. The molecule has 0 amide bonds. The Kier molecular flexibility index (Phi) is 3.71. The molecule has 1 aromatic heterocycles. The molecule has 1 heterocycles. The Morgan fingerprint density at radius 3 is 2.79 bits per heavy atom. The van der Waals surface area contributed by atoms with Gasteiger partial charge < -0.3 is 5.11 Å². The summed E-state index contributed by atoms with van der Waals surface area (Å²) in [5.41, 5.74) is 2.02. The number of ketones is 1. The summed E-state index contributed by atoms with van der Waals surface area (Å²) in [4.78, 5) is 12.0. The van der Waals surface area contributed by atoms with E-state index in [9.17, 15) is 9.90 Å². The Hall–Kier alpha value is -2.07. The van der Waals surface area contributed by atoms with Crippen molar-refractivity contribution in [1.82, 2.24) is 9.78 Å². The van der Waals surface area contributed by atoms with E-state index in [1.165, 1.54) is 12.1 Å². The van der Waals surface area contributed by atoms with Gasteiger partial charge >= 0.3 is 0 Å². The summed E-state index contributed by atoms with van der Waals surface area (Å²) in [6.45, 7) is 1.79. The molecule has 0 aliphatic rings. The van der Waals surface area contributed by atoms with Crippen molar-refractivity contribution in [3.05, 3.63) is 52.3 Å². The van der Waals surface area contributed by atoms with Gasteiger partial charge in [-0.05, 0) is 30.7 Å². The summed E-state index contributed by atoms with van der Waals surface area (Å²) < 4.78 is 1.60. The molecule has 2 rings (SSSR count). The minimum atomic E-state index is -0.116. The van der Waals surface area contributed by atoms with E-state index in [1.54, 1.807) is 43.1 Å². The lowest BCUT2D eigenvalue weighted by atomic mass is 10.1. The second kappa shape index (κ2) is 5.28. The van der Waals surface area contributed by atoms with Crippen LogP contribution in [0.25, 0.3) is 6.08 Å². The number of hydrogen-bond acceptors (Lipinski definition) is 3. The molecule has 0 fully saturated rings. The number of phenols is 1. The van der Waals surface area contributed by atoms with Gasteiger partial charge in [-0.1, -0.05) is 23.7 Å². The first kappa shape index (κ1) is 13.4. The van der Waals surface area contributed by atoms with E-state index >= 15 is 0 Å². The molecule has 2 aromatic rings. The van der Waals surface area contributed by atoms with Gasteiger partial charge in [0, 0.05) is 13.2 Å². The molecule has 98 valence electrons. The van der Waals surface area contributed by atoms with Crippen LogP contribution in [0.15, 0.2) is 30.5 Å². The standard InChI is InChI=1S/C14H13ClN2O2/c1-9-11(8-17(2)16-9)13(18)5-3-10-4-6-14(19)12(15)7-10/h3-8,19H,1-2H3/b5-3-. The Bertz CT molecular complexity index is 659. The van der Waals surface area contributed by atoms with E-state index in [0.717, 1.165) is 5.56 Å². The Balaban J connectivity index is 2.20. The van der Waals surface area contributed by atoms with Gasteiger partial charge in [-0.3, -0.25) is 9.48 Å². The van der Waals surface area contributed by atoms with Gasteiger partial charge in [0.15, 0.2) is 5.78 Å². The van der Waals surface area contributed by atoms with Crippen LogP contribution in [-0.2, 0) is 7.05 Å². The molecule has 0 saturated carbocycles. The SMILES string of the molecule is Cc1nn(C)cc1C(=O)/C=C\c1ccc(O)c(Cl)c1. The van der Waals surface area contributed by atoms with Crippen molar-refractivity contribution in [3.8, 4) is 5.75 Å². The van der Waals surface area contributed by atoms with E-state index < -0.39 is 0 Å². The van der Waals surface area contributed by atoms with Crippen LogP contribution in [-0.4, -0.2) is 20.7 Å². The zero-order valence-corrected chi connectivity index (χ0v) is 11.3. The number of allylic oxidation sites excluding steroid dienone is 1. The number of carbonyl (C=O) groups excluding carboxylic acids is 1. The number of aromatic nitrogens is 2. The van der Waals surface area contributed by atoms with Crippen LogP contribution in [0.1, 0.15) is 21.6 Å². The quantitative estimate of drug-likeness (QED) is 0.693. The highest BCUT2D eigenvalue weighted by Crippen LogP contribution is 2.24. The fourth-order valence-electron chi connectivity index (χ4n) is 1.73. The van der Waals surface area contributed by atoms with Gasteiger partial charge in [0.2, 0.25) is 0 Å². The lowest BCUT2D eigenvalue weighted by Crippen LogP contribution is -1.94. The van der Waals surface area contributed by atoms with Crippen molar-refractivity contribution in [2.24, 2.45) is 7.05 Å². The third-order valence-corrected chi connectivity index (χ3v) is 2.98. The molecule has 19 heavy (non-hydrogen) atoms. The van der Waals surface area contributed by atoms with Gasteiger partial charge in [0.05, 0.1) is 16.3 Å². The smallest absolute Gasteiger partial charge is 0.189 e. The molecule has 0 radical (unpaired) electrons. The van der Waals surface area contributed by atoms with Crippen molar-refractivity contribution in [3.63, 3.8) is 0 Å². The van der Waals surface area contributed by atoms with Crippen molar-refractivity contribution < 1.29 is 9.90 Å². The Morgan fingerprint density at radius 1 is 1.47 bits per heavy atom. The van der Waals surface area contributed by atoms with Crippen molar-refractivity contribution in [1.29, 1.82) is 0 Å². The number of carbonyl (C=O) groups is 1. The number of halogens is 1. The Labute approximate surface area is 115 Å². The van der Waals surface area contributed by atoms with E-state index in [-0.39, 0.29) is 16.6 Å². The van der Waals surface area contributed by atoms with E-state index in [0.29, 0.717) is 11.3 Å². The molecule has 0 saturated heterocycles. The average Bonchev–Trinajstić information content (AvgIpc) is 2.70. The zero-order valence-electron chi connectivity index (χ0n) is 10.6. The molecular weight excluding hydrogens is 264 g/mol. The summed E-state index contributed by atoms with van der Waals surface area (Å²) in [7, 11) is 1.77. The molecule has 0 unspecified atom stereocenters. The minimum Gasteiger partial charge on any atom is -0.506 e. The maximum atomic E-state index is 12.0. The maximum absolute atomic E-state index is 12.0. The molecule has 0 spiro atoms. The van der Waals surface area contributed by atoms with Crippen LogP contribution in [0.4, 0.5) is 0 Å². The summed E-state index contributed by atoms with van der Waals surface area (Å²) in [5, 5.41) is 13.7. The van der Waals surface area contributed by atoms with Gasteiger partial charge in [0.25, 0.3) is 0 Å². The molecule has 1 N–H and O–H groups in total. The molecule has 0 aliphatic heterocycles. The third-order valence-electron chi connectivity index (χ3n) is 2.68. The van der Waals surface area contributed by atoms with E-state index in [4.69, 9.17) is 11.6 Å². The number of phenolic OH excluding ortho intramolecular Hbond substituents is 1. The summed E-state index contributed by atoms with van der Waals surface area (Å²) >= 11 is 5.79.